The van der Waals surface area contributed by atoms with Crippen LogP contribution >= 0.6 is 0 Å². The zero-order valence-electron chi connectivity index (χ0n) is 11.0. The fourth-order valence-electron chi connectivity index (χ4n) is 2.59. The molecule has 1 fully saturated rings. The van der Waals surface area contributed by atoms with E-state index < -0.39 is 0 Å². The minimum absolute atomic E-state index is 0.262. The van der Waals surface area contributed by atoms with Crippen LogP contribution in [0, 0.1) is 0 Å². The molecule has 1 unspecified atom stereocenters. The van der Waals surface area contributed by atoms with Gasteiger partial charge in [0, 0.05) is 12.6 Å². The van der Waals surface area contributed by atoms with Crippen molar-refractivity contribution in [3.63, 3.8) is 0 Å². The van der Waals surface area contributed by atoms with Gasteiger partial charge in [-0.3, -0.25) is 4.90 Å². The van der Waals surface area contributed by atoms with E-state index in [1.165, 1.54) is 18.4 Å². The highest BCUT2D eigenvalue weighted by atomic mass is 16.3. The molecule has 1 saturated heterocycles. The molecule has 0 radical (unpaired) electrons. The molecule has 2 N–H and O–H groups in total. The number of benzene rings is 1. The third-order valence-electron chi connectivity index (χ3n) is 3.66. The molecule has 1 aliphatic heterocycles. The van der Waals surface area contributed by atoms with Crippen molar-refractivity contribution in [2.45, 2.75) is 25.3 Å². The van der Waals surface area contributed by atoms with Gasteiger partial charge in [-0.05, 0) is 44.5 Å². The van der Waals surface area contributed by atoms with Crippen LogP contribution in [0.4, 0.5) is 0 Å². The minimum atomic E-state index is 0.262. The average Bonchev–Trinajstić information content (AvgIpc) is 2.65. The van der Waals surface area contributed by atoms with E-state index in [1.54, 1.807) is 0 Å². The van der Waals surface area contributed by atoms with E-state index in [1.807, 2.05) is 0 Å². The van der Waals surface area contributed by atoms with E-state index in [9.17, 15) is 5.11 Å². The van der Waals surface area contributed by atoms with E-state index in [4.69, 9.17) is 0 Å². The van der Waals surface area contributed by atoms with E-state index in [2.05, 4.69) is 40.5 Å². The van der Waals surface area contributed by atoms with Crippen molar-refractivity contribution in [2.75, 3.05) is 32.8 Å². The molecule has 1 aromatic carbocycles. The van der Waals surface area contributed by atoms with Crippen molar-refractivity contribution in [3.8, 4) is 0 Å². The van der Waals surface area contributed by atoms with Crippen LogP contribution in [0.15, 0.2) is 30.3 Å². The van der Waals surface area contributed by atoms with Crippen LogP contribution in [0.1, 0.15) is 18.4 Å². The first-order valence-electron chi connectivity index (χ1n) is 6.99. The van der Waals surface area contributed by atoms with Crippen LogP contribution in [-0.4, -0.2) is 48.8 Å². The summed E-state index contributed by atoms with van der Waals surface area (Å²) >= 11 is 0. The molecule has 0 bridgehead atoms. The van der Waals surface area contributed by atoms with Gasteiger partial charge in [0.15, 0.2) is 0 Å². The molecule has 0 saturated carbocycles. The molecule has 100 valence electrons. The first kappa shape index (κ1) is 13.5. The van der Waals surface area contributed by atoms with Crippen LogP contribution in [0.5, 0.6) is 0 Å². The van der Waals surface area contributed by atoms with E-state index in [-0.39, 0.29) is 6.61 Å². The molecule has 2 rings (SSSR count). The molecule has 3 nitrogen and oxygen atoms in total. The molecule has 18 heavy (non-hydrogen) atoms. The zero-order valence-corrected chi connectivity index (χ0v) is 11.0. The number of hydrogen-bond acceptors (Lipinski definition) is 3. The summed E-state index contributed by atoms with van der Waals surface area (Å²) in [5, 5.41) is 12.8. The number of aliphatic hydroxyl groups is 1. The van der Waals surface area contributed by atoms with Crippen molar-refractivity contribution in [2.24, 2.45) is 0 Å². The Morgan fingerprint density at radius 2 is 2.11 bits per heavy atom. The van der Waals surface area contributed by atoms with Crippen molar-refractivity contribution >= 4 is 0 Å². The standard InChI is InChI=1S/C15H24N2O/c18-13-15-12-16-9-5-11-17(15)10-4-8-14-6-2-1-3-7-14/h1-3,6-7,15-16,18H,4-5,8-13H2. The van der Waals surface area contributed by atoms with Gasteiger partial charge in [0.05, 0.1) is 6.61 Å². The predicted octanol–water partition coefficient (Wildman–Crippen LogP) is 1.28. The van der Waals surface area contributed by atoms with Crippen LogP contribution < -0.4 is 5.32 Å². The minimum Gasteiger partial charge on any atom is -0.395 e. The van der Waals surface area contributed by atoms with Gasteiger partial charge in [-0.25, -0.2) is 0 Å². The molecule has 1 aromatic rings. The molecule has 1 aliphatic rings. The van der Waals surface area contributed by atoms with Crippen molar-refractivity contribution in [1.82, 2.24) is 10.2 Å². The third kappa shape index (κ3) is 4.09. The Bertz CT molecular complexity index is 329. The van der Waals surface area contributed by atoms with Gasteiger partial charge in [0.1, 0.15) is 0 Å². The Labute approximate surface area is 110 Å². The zero-order chi connectivity index (χ0) is 12.6. The summed E-state index contributed by atoms with van der Waals surface area (Å²) in [6.07, 6.45) is 3.48. The monoisotopic (exact) mass is 248 g/mol. The average molecular weight is 248 g/mol. The molecule has 0 spiro atoms. The Balaban J connectivity index is 1.77. The molecular weight excluding hydrogens is 224 g/mol. The molecule has 0 aromatic heterocycles. The summed E-state index contributed by atoms with van der Waals surface area (Å²) < 4.78 is 0. The van der Waals surface area contributed by atoms with Gasteiger partial charge in [-0.15, -0.1) is 0 Å². The van der Waals surface area contributed by atoms with Crippen LogP contribution in [0.3, 0.4) is 0 Å². The molecule has 1 atom stereocenters. The Morgan fingerprint density at radius 3 is 2.89 bits per heavy atom. The highest BCUT2D eigenvalue weighted by Crippen LogP contribution is 2.08. The largest absolute Gasteiger partial charge is 0.395 e. The number of aryl methyl sites for hydroxylation is 1. The SMILES string of the molecule is OCC1CNCCCN1CCCc1ccccc1. The normalized spacial score (nSPS) is 21.7. The van der Waals surface area contributed by atoms with Gasteiger partial charge < -0.3 is 10.4 Å². The third-order valence-corrected chi connectivity index (χ3v) is 3.66. The fraction of sp³-hybridized carbons (Fsp3) is 0.600. The highest BCUT2D eigenvalue weighted by Gasteiger charge is 2.19. The fourth-order valence-corrected chi connectivity index (χ4v) is 2.59. The maximum atomic E-state index is 9.42. The van der Waals surface area contributed by atoms with E-state index in [0.717, 1.165) is 32.6 Å². The van der Waals surface area contributed by atoms with Gasteiger partial charge in [-0.1, -0.05) is 30.3 Å². The second kappa shape index (κ2) is 7.52. The molecule has 0 amide bonds. The van der Waals surface area contributed by atoms with Gasteiger partial charge in [-0.2, -0.15) is 0 Å². The Kier molecular flexibility index (Phi) is 5.65. The quantitative estimate of drug-likeness (QED) is 0.824. The van der Waals surface area contributed by atoms with Crippen molar-refractivity contribution in [1.29, 1.82) is 0 Å². The van der Waals surface area contributed by atoms with E-state index >= 15 is 0 Å². The Morgan fingerprint density at radius 1 is 1.28 bits per heavy atom. The second-order valence-corrected chi connectivity index (χ2v) is 5.02. The van der Waals surface area contributed by atoms with Crippen molar-refractivity contribution < 1.29 is 5.11 Å². The van der Waals surface area contributed by atoms with Gasteiger partial charge in [0.2, 0.25) is 0 Å². The number of nitrogens with one attached hydrogen (secondary N) is 1. The lowest BCUT2D eigenvalue weighted by molar-refractivity contribution is 0.131. The lowest BCUT2D eigenvalue weighted by Crippen LogP contribution is -2.42. The molecule has 3 heteroatoms. The summed E-state index contributed by atoms with van der Waals surface area (Å²) in [4.78, 5) is 2.43. The number of rotatable bonds is 5. The smallest absolute Gasteiger partial charge is 0.0599 e. The van der Waals surface area contributed by atoms with Crippen molar-refractivity contribution in [3.05, 3.63) is 35.9 Å². The number of hydrogen-bond donors (Lipinski definition) is 2. The topological polar surface area (TPSA) is 35.5 Å². The van der Waals surface area contributed by atoms with E-state index in [0.29, 0.717) is 6.04 Å². The first-order valence-corrected chi connectivity index (χ1v) is 6.99. The number of aliphatic hydroxyl groups excluding tert-OH is 1. The molecular formula is C15H24N2O. The second-order valence-electron chi connectivity index (χ2n) is 5.02. The van der Waals surface area contributed by atoms with Gasteiger partial charge >= 0.3 is 0 Å². The molecule has 1 heterocycles. The predicted molar refractivity (Wildman–Crippen MR) is 74.7 cm³/mol. The Hall–Kier alpha value is -0.900. The summed E-state index contributed by atoms with van der Waals surface area (Å²) in [5.74, 6) is 0. The molecule has 0 aliphatic carbocycles. The number of nitrogens with zero attached hydrogens (tertiary/aromatic N) is 1. The van der Waals surface area contributed by atoms with Gasteiger partial charge in [0.25, 0.3) is 0 Å². The lowest BCUT2D eigenvalue weighted by Gasteiger charge is -2.28. The van der Waals surface area contributed by atoms with Crippen LogP contribution in [0.2, 0.25) is 0 Å². The first-order chi connectivity index (χ1) is 8.90. The maximum absolute atomic E-state index is 9.42. The summed E-state index contributed by atoms with van der Waals surface area (Å²) in [7, 11) is 0. The van der Waals surface area contributed by atoms with Crippen LogP contribution in [0.25, 0.3) is 0 Å². The summed E-state index contributed by atoms with van der Waals surface area (Å²) in [6.45, 7) is 4.45. The highest BCUT2D eigenvalue weighted by molar-refractivity contribution is 5.14. The van der Waals surface area contributed by atoms with Crippen LogP contribution in [-0.2, 0) is 6.42 Å². The maximum Gasteiger partial charge on any atom is 0.0599 e. The summed E-state index contributed by atoms with van der Waals surface area (Å²) in [5.41, 5.74) is 1.41. The lowest BCUT2D eigenvalue weighted by atomic mass is 10.1. The summed E-state index contributed by atoms with van der Waals surface area (Å²) in [6, 6.07) is 10.9.